The van der Waals surface area contributed by atoms with E-state index in [9.17, 15) is 4.79 Å². The highest BCUT2D eigenvalue weighted by Crippen LogP contribution is 2.32. The van der Waals surface area contributed by atoms with Gasteiger partial charge in [0.2, 0.25) is 6.79 Å². The highest BCUT2D eigenvalue weighted by atomic mass is 35.5. The number of ether oxygens (including phenoxy) is 2. The van der Waals surface area contributed by atoms with Crippen molar-refractivity contribution in [2.45, 2.75) is 6.92 Å². The number of thiophene rings is 1. The van der Waals surface area contributed by atoms with Gasteiger partial charge >= 0.3 is 0 Å². The number of amides is 1. The molecule has 3 rings (SSSR count). The summed E-state index contributed by atoms with van der Waals surface area (Å²) in [6, 6.07) is 8.64. The van der Waals surface area contributed by atoms with Crippen LogP contribution in [0, 0.1) is 0 Å². The number of nitrogens with zero attached hydrogens (tertiary/aromatic N) is 1. The Morgan fingerprint density at radius 1 is 1.29 bits per heavy atom. The van der Waals surface area contributed by atoms with Crippen LogP contribution in [0.4, 0.5) is 0 Å². The highest BCUT2D eigenvalue weighted by Gasteiger charge is 2.16. The van der Waals surface area contributed by atoms with Gasteiger partial charge in [-0.15, -0.1) is 11.3 Å². The Kier molecular flexibility index (Phi) is 3.81. The first-order chi connectivity index (χ1) is 10.1. The summed E-state index contributed by atoms with van der Waals surface area (Å²) >= 11 is 7.27. The monoisotopic (exact) mass is 322 g/mol. The predicted octanol–water partition coefficient (Wildman–Crippen LogP) is 3.28. The number of benzene rings is 1. The molecule has 1 amide bonds. The van der Waals surface area contributed by atoms with Gasteiger partial charge in [-0.1, -0.05) is 11.6 Å². The Hall–Kier alpha value is -2.05. The van der Waals surface area contributed by atoms with E-state index in [-0.39, 0.29) is 12.7 Å². The van der Waals surface area contributed by atoms with E-state index in [0.717, 1.165) is 4.88 Å². The van der Waals surface area contributed by atoms with Crippen molar-refractivity contribution in [1.82, 2.24) is 5.43 Å². The molecule has 2 heterocycles. The maximum atomic E-state index is 12.0. The van der Waals surface area contributed by atoms with Gasteiger partial charge in [0.15, 0.2) is 11.5 Å². The molecule has 108 valence electrons. The molecule has 1 N–H and O–H groups in total. The molecule has 0 unspecified atom stereocenters. The maximum absolute atomic E-state index is 12.0. The average molecular weight is 323 g/mol. The summed E-state index contributed by atoms with van der Waals surface area (Å²) < 4.78 is 11.1. The maximum Gasteiger partial charge on any atom is 0.271 e. The summed E-state index contributed by atoms with van der Waals surface area (Å²) in [6.45, 7) is 1.99. The summed E-state index contributed by atoms with van der Waals surface area (Å²) in [4.78, 5) is 13.0. The zero-order valence-corrected chi connectivity index (χ0v) is 12.6. The lowest BCUT2D eigenvalue weighted by atomic mass is 10.2. The van der Waals surface area contributed by atoms with Crippen molar-refractivity contribution in [3.8, 4) is 11.5 Å². The van der Waals surface area contributed by atoms with Gasteiger partial charge in [0.05, 0.1) is 14.9 Å². The molecular weight excluding hydrogens is 312 g/mol. The highest BCUT2D eigenvalue weighted by molar-refractivity contribution is 7.18. The smallest absolute Gasteiger partial charge is 0.271 e. The number of halogens is 1. The van der Waals surface area contributed by atoms with Crippen LogP contribution in [0.5, 0.6) is 11.5 Å². The number of rotatable bonds is 3. The quantitative estimate of drug-likeness (QED) is 0.697. The van der Waals surface area contributed by atoms with Crippen LogP contribution in [-0.4, -0.2) is 18.4 Å². The molecule has 1 aliphatic heterocycles. The first-order valence-corrected chi connectivity index (χ1v) is 7.33. The molecule has 0 saturated carbocycles. The van der Waals surface area contributed by atoms with E-state index >= 15 is 0 Å². The van der Waals surface area contributed by atoms with Crippen molar-refractivity contribution in [3.05, 3.63) is 45.1 Å². The van der Waals surface area contributed by atoms with Crippen molar-refractivity contribution >= 4 is 34.6 Å². The topological polar surface area (TPSA) is 59.9 Å². The van der Waals surface area contributed by atoms with E-state index < -0.39 is 0 Å². The van der Waals surface area contributed by atoms with Crippen LogP contribution in [0.25, 0.3) is 0 Å². The summed E-state index contributed by atoms with van der Waals surface area (Å²) in [5.74, 6) is 0.892. The number of nitrogens with one attached hydrogen (secondary N) is 1. The van der Waals surface area contributed by atoms with Gasteiger partial charge in [-0.25, -0.2) is 5.43 Å². The molecule has 0 saturated heterocycles. The third-order valence-corrected chi connectivity index (χ3v) is 4.23. The van der Waals surface area contributed by atoms with E-state index in [1.54, 1.807) is 24.3 Å². The van der Waals surface area contributed by atoms with Gasteiger partial charge in [0.1, 0.15) is 0 Å². The van der Waals surface area contributed by atoms with Crippen molar-refractivity contribution in [2.75, 3.05) is 6.79 Å². The minimum atomic E-state index is -0.310. The zero-order chi connectivity index (χ0) is 14.8. The molecular formula is C14H11ClN2O3S. The van der Waals surface area contributed by atoms with E-state index in [1.165, 1.54) is 11.3 Å². The Balaban J connectivity index is 1.71. The normalized spacial score (nSPS) is 13.3. The summed E-state index contributed by atoms with van der Waals surface area (Å²) in [5.41, 5.74) is 3.67. The van der Waals surface area contributed by atoms with Crippen LogP contribution >= 0.6 is 22.9 Å². The molecule has 0 radical (unpaired) electrons. The van der Waals surface area contributed by atoms with Gasteiger partial charge in [0, 0.05) is 5.56 Å². The molecule has 1 aliphatic rings. The zero-order valence-electron chi connectivity index (χ0n) is 11.1. The largest absolute Gasteiger partial charge is 0.454 e. The molecule has 2 aromatic rings. The predicted molar refractivity (Wildman–Crippen MR) is 81.6 cm³/mol. The van der Waals surface area contributed by atoms with Gasteiger partial charge in [-0.05, 0) is 37.3 Å². The molecule has 1 aromatic carbocycles. The lowest BCUT2D eigenvalue weighted by Crippen LogP contribution is -2.19. The molecule has 1 aromatic heterocycles. The SMILES string of the molecule is C/C(=N\NC(=O)c1ccc2c(c1)OCO2)c1ccc(Cl)s1. The minimum Gasteiger partial charge on any atom is -0.454 e. The van der Waals surface area contributed by atoms with Gasteiger partial charge < -0.3 is 9.47 Å². The van der Waals surface area contributed by atoms with Gasteiger partial charge in [-0.2, -0.15) is 5.10 Å². The fourth-order valence-corrected chi connectivity index (χ4v) is 2.79. The van der Waals surface area contributed by atoms with Crippen molar-refractivity contribution < 1.29 is 14.3 Å². The first-order valence-electron chi connectivity index (χ1n) is 6.13. The number of fused-ring (bicyclic) bond motifs is 1. The van der Waals surface area contributed by atoms with Crippen LogP contribution < -0.4 is 14.9 Å². The van der Waals surface area contributed by atoms with Crippen LogP contribution in [-0.2, 0) is 0 Å². The minimum absolute atomic E-state index is 0.177. The van der Waals surface area contributed by atoms with Crippen molar-refractivity contribution in [1.29, 1.82) is 0 Å². The lowest BCUT2D eigenvalue weighted by Gasteiger charge is -2.03. The standard InChI is InChI=1S/C14H11ClN2O3S/c1-8(12-4-5-13(15)21-12)16-17-14(18)9-2-3-10-11(6-9)20-7-19-10/h2-6H,7H2,1H3,(H,17,18)/b16-8+. The van der Waals surface area contributed by atoms with Gasteiger partial charge in [0.25, 0.3) is 5.91 Å². The van der Waals surface area contributed by atoms with Crippen LogP contribution in [0.15, 0.2) is 35.4 Å². The molecule has 5 nitrogen and oxygen atoms in total. The second kappa shape index (κ2) is 5.75. The first kappa shape index (κ1) is 13.9. The van der Waals surface area contributed by atoms with Crippen LogP contribution in [0.1, 0.15) is 22.2 Å². The number of carbonyl (C=O) groups is 1. The van der Waals surface area contributed by atoms with Crippen LogP contribution in [0.3, 0.4) is 0 Å². The molecule has 0 fully saturated rings. The van der Waals surface area contributed by atoms with E-state index in [1.807, 2.05) is 13.0 Å². The fraction of sp³-hybridized carbons (Fsp3) is 0.143. The Bertz CT molecular complexity index is 727. The molecule has 0 atom stereocenters. The Morgan fingerprint density at radius 2 is 2.10 bits per heavy atom. The van der Waals surface area contributed by atoms with Crippen LogP contribution in [0.2, 0.25) is 4.34 Å². The number of hydrogen-bond acceptors (Lipinski definition) is 5. The third kappa shape index (κ3) is 3.01. The van der Waals surface area contributed by atoms with Gasteiger partial charge in [-0.3, -0.25) is 4.79 Å². The Morgan fingerprint density at radius 3 is 2.86 bits per heavy atom. The number of carbonyl (C=O) groups excluding carboxylic acids is 1. The second-order valence-corrected chi connectivity index (χ2v) is 6.03. The summed E-state index contributed by atoms with van der Waals surface area (Å²) in [6.07, 6.45) is 0. The molecule has 0 bridgehead atoms. The van der Waals surface area contributed by atoms with Crippen molar-refractivity contribution in [3.63, 3.8) is 0 Å². The molecule has 0 spiro atoms. The molecule has 7 heteroatoms. The summed E-state index contributed by atoms with van der Waals surface area (Å²) in [5, 5.41) is 4.07. The summed E-state index contributed by atoms with van der Waals surface area (Å²) in [7, 11) is 0. The lowest BCUT2D eigenvalue weighted by molar-refractivity contribution is 0.0954. The molecule has 0 aliphatic carbocycles. The third-order valence-electron chi connectivity index (χ3n) is 2.89. The van der Waals surface area contributed by atoms with Crippen molar-refractivity contribution in [2.24, 2.45) is 5.10 Å². The van der Waals surface area contributed by atoms with E-state index in [0.29, 0.717) is 27.1 Å². The molecule has 21 heavy (non-hydrogen) atoms. The number of hydrazone groups is 1. The second-order valence-electron chi connectivity index (χ2n) is 4.31. The number of hydrogen-bond donors (Lipinski definition) is 1. The Labute approximate surface area is 130 Å². The van der Waals surface area contributed by atoms with E-state index in [4.69, 9.17) is 21.1 Å². The van der Waals surface area contributed by atoms with E-state index in [2.05, 4.69) is 10.5 Å². The average Bonchev–Trinajstić information content (AvgIpc) is 3.12. The fourth-order valence-electron chi connectivity index (χ4n) is 1.80.